The van der Waals surface area contributed by atoms with E-state index in [2.05, 4.69) is 0 Å². The first-order chi connectivity index (χ1) is 8.45. The molecule has 0 aromatic carbocycles. The molecule has 1 aliphatic rings. The summed E-state index contributed by atoms with van der Waals surface area (Å²) in [5, 5.41) is 17.9. The Kier molecular flexibility index (Phi) is 4.64. The zero-order valence-corrected chi connectivity index (χ0v) is 10.8. The van der Waals surface area contributed by atoms with E-state index in [0.29, 0.717) is 12.8 Å². The Morgan fingerprint density at radius 3 is 2.22 bits per heavy atom. The fourth-order valence-corrected chi connectivity index (χ4v) is 2.41. The molecule has 0 radical (unpaired) electrons. The molecule has 5 heteroatoms. The highest BCUT2D eigenvalue weighted by Gasteiger charge is 2.41. The van der Waals surface area contributed by atoms with Crippen molar-refractivity contribution in [2.24, 2.45) is 17.6 Å². The number of aliphatic hydroxyl groups excluding tert-OH is 1. The molecule has 2 atom stereocenters. The molecule has 5 nitrogen and oxygen atoms in total. The zero-order valence-electron chi connectivity index (χ0n) is 10.8. The molecule has 0 aromatic heterocycles. The van der Waals surface area contributed by atoms with Gasteiger partial charge in [-0.05, 0) is 12.8 Å². The first-order valence-electron chi connectivity index (χ1n) is 6.31. The molecule has 0 saturated carbocycles. The number of nitrogens with one attached hydrogen (secondary N) is 1. The van der Waals surface area contributed by atoms with E-state index in [-0.39, 0.29) is 22.8 Å². The van der Waals surface area contributed by atoms with E-state index in [4.69, 9.17) is 11.1 Å². The molecule has 0 aliphatic heterocycles. The van der Waals surface area contributed by atoms with Crippen LogP contribution in [0.2, 0.25) is 0 Å². The van der Waals surface area contributed by atoms with E-state index in [0.717, 1.165) is 12.8 Å². The summed E-state index contributed by atoms with van der Waals surface area (Å²) in [6.07, 6.45) is 2.46. The van der Waals surface area contributed by atoms with E-state index in [1.165, 1.54) is 0 Å². The second-order valence-electron chi connectivity index (χ2n) is 4.62. The summed E-state index contributed by atoms with van der Waals surface area (Å²) in [4.78, 5) is 23.5. The molecular weight excluding hydrogens is 232 g/mol. The van der Waals surface area contributed by atoms with Crippen LogP contribution in [0.4, 0.5) is 0 Å². The van der Waals surface area contributed by atoms with E-state index in [1.54, 1.807) is 0 Å². The number of nitrogens with two attached hydrogens (primary N) is 1. The Bertz CT molecular complexity index is 412. The van der Waals surface area contributed by atoms with Crippen molar-refractivity contribution in [3.05, 3.63) is 11.3 Å². The largest absolute Gasteiger partial charge is 0.511 e. The first-order valence-corrected chi connectivity index (χ1v) is 6.31. The lowest BCUT2D eigenvalue weighted by Crippen LogP contribution is -2.41. The summed E-state index contributed by atoms with van der Waals surface area (Å²) >= 11 is 0. The molecular formula is C13H20N2O3. The smallest absolute Gasteiger partial charge is 0.253 e. The van der Waals surface area contributed by atoms with Crippen molar-refractivity contribution in [3.63, 3.8) is 0 Å². The number of hydrogen-bond acceptors (Lipinski definition) is 4. The normalized spacial score (nSPS) is 24.6. The quantitative estimate of drug-likeness (QED) is 0.693. The van der Waals surface area contributed by atoms with Crippen LogP contribution in [0.5, 0.6) is 0 Å². The van der Waals surface area contributed by atoms with Crippen molar-refractivity contribution < 1.29 is 14.7 Å². The van der Waals surface area contributed by atoms with Crippen LogP contribution in [-0.2, 0) is 9.59 Å². The van der Waals surface area contributed by atoms with Gasteiger partial charge in [0.25, 0.3) is 5.91 Å². The van der Waals surface area contributed by atoms with Gasteiger partial charge in [0.1, 0.15) is 5.76 Å². The van der Waals surface area contributed by atoms with Gasteiger partial charge in [-0.15, -0.1) is 0 Å². The van der Waals surface area contributed by atoms with Crippen LogP contribution in [0.3, 0.4) is 0 Å². The summed E-state index contributed by atoms with van der Waals surface area (Å²) in [6.45, 7) is 3.82. The van der Waals surface area contributed by atoms with Crippen molar-refractivity contribution in [1.29, 1.82) is 5.41 Å². The Morgan fingerprint density at radius 2 is 1.78 bits per heavy atom. The topological polar surface area (TPSA) is 104 Å². The minimum atomic E-state index is -0.827. The number of ketones is 1. The van der Waals surface area contributed by atoms with Gasteiger partial charge >= 0.3 is 0 Å². The molecule has 0 saturated heterocycles. The Morgan fingerprint density at radius 1 is 1.28 bits per heavy atom. The Balaban J connectivity index is 3.24. The molecule has 1 rings (SSSR count). The maximum absolute atomic E-state index is 12.2. The summed E-state index contributed by atoms with van der Waals surface area (Å²) in [6, 6.07) is 0. The monoisotopic (exact) mass is 252 g/mol. The SMILES string of the molecule is CCCC1C(=N)C(C(N)=O)=C(O)C(CCC)C1=O. The number of aliphatic hydroxyl groups is 1. The summed E-state index contributed by atoms with van der Waals surface area (Å²) < 4.78 is 0. The molecule has 1 aliphatic carbocycles. The van der Waals surface area contributed by atoms with Gasteiger partial charge in [0.05, 0.1) is 23.1 Å². The van der Waals surface area contributed by atoms with Crippen molar-refractivity contribution in [2.75, 3.05) is 0 Å². The van der Waals surface area contributed by atoms with Crippen LogP contribution in [0.25, 0.3) is 0 Å². The van der Waals surface area contributed by atoms with Crippen LogP contribution < -0.4 is 5.73 Å². The molecule has 4 N–H and O–H groups in total. The van der Waals surface area contributed by atoms with Crippen LogP contribution >= 0.6 is 0 Å². The number of hydrogen-bond donors (Lipinski definition) is 3. The third-order valence-corrected chi connectivity index (χ3v) is 3.29. The van der Waals surface area contributed by atoms with Crippen LogP contribution in [0.1, 0.15) is 39.5 Å². The number of carbonyl (C=O) groups excluding carboxylic acids is 2. The number of primary amides is 1. The highest BCUT2D eigenvalue weighted by Crippen LogP contribution is 2.32. The second kappa shape index (κ2) is 5.80. The van der Waals surface area contributed by atoms with Crippen LogP contribution in [-0.4, -0.2) is 22.5 Å². The predicted molar refractivity (Wildman–Crippen MR) is 68.4 cm³/mol. The van der Waals surface area contributed by atoms with Crippen molar-refractivity contribution in [1.82, 2.24) is 0 Å². The van der Waals surface area contributed by atoms with Crippen LogP contribution in [0, 0.1) is 17.2 Å². The number of Topliss-reactive ketones (excluding diaryl/α,β-unsaturated/α-hetero) is 1. The molecule has 0 fully saturated rings. The van der Waals surface area contributed by atoms with Gasteiger partial charge in [0, 0.05) is 0 Å². The number of carbonyl (C=O) groups is 2. The van der Waals surface area contributed by atoms with Crippen molar-refractivity contribution in [3.8, 4) is 0 Å². The van der Waals surface area contributed by atoms with Gasteiger partial charge < -0.3 is 16.2 Å². The lowest BCUT2D eigenvalue weighted by atomic mass is 9.74. The van der Waals surface area contributed by atoms with E-state index in [9.17, 15) is 14.7 Å². The van der Waals surface area contributed by atoms with Gasteiger partial charge in [0.2, 0.25) is 0 Å². The molecule has 2 unspecified atom stereocenters. The van der Waals surface area contributed by atoms with Gasteiger partial charge in [-0.3, -0.25) is 9.59 Å². The fourth-order valence-electron chi connectivity index (χ4n) is 2.41. The van der Waals surface area contributed by atoms with Crippen LogP contribution in [0.15, 0.2) is 11.3 Å². The van der Waals surface area contributed by atoms with Gasteiger partial charge in [-0.2, -0.15) is 0 Å². The van der Waals surface area contributed by atoms with E-state index >= 15 is 0 Å². The third-order valence-electron chi connectivity index (χ3n) is 3.29. The molecule has 0 bridgehead atoms. The van der Waals surface area contributed by atoms with Gasteiger partial charge in [-0.1, -0.05) is 26.7 Å². The summed E-state index contributed by atoms with van der Waals surface area (Å²) in [5.41, 5.74) is 4.91. The predicted octanol–water partition coefficient (Wildman–Crippen LogP) is 1.72. The maximum atomic E-state index is 12.2. The molecule has 0 aromatic rings. The minimum absolute atomic E-state index is 0.126. The average Bonchev–Trinajstić information content (AvgIpc) is 2.30. The number of rotatable bonds is 5. The maximum Gasteiger partial charge on any atom is 0.253 e. The highest BCUT2D eigenvalue weighted by atomic mass is 16.3. The van der Waals surface area contributed by atoms with Crippen molar-refractivity contribution in [2.45, 2.75) is 39.5 Å². The minimum Gasteiger partial charge on any atom is -0.511 e. The average molecular weight is 252 g/mol. The lowest BCUT2D eigenvalue weighted by molar-refractivity contribution is -0.125. The van der Waals surface area contributed by atoms with E-state index < -0.39 is 17.7 Å². The molecule has 1 amide bonds. The summed E-state index contributed by atoms with van der Waals surface area (Å²) in [7, 11) is 0. The molecule has 0 heterocycles. The van der Waals surface area contributed by atoms with Gasteiger partial charge in [0.15, 0.2) is 5.78 Å². The Labute approximate surface area is 107 Å². The Hall–Kier alpha value is -1.65. The standard InChI is InChI=1S/C13H20N2O3/c1-3-5-7-10(14)9(13(15)18)12(17)8(6-4-2)11(7)16/h7-8,14,17H,3-6H2,1-2H3,(H2,15,18). The fraction of sp³-hybridized carbons (Fsp3) is 0.615. The molecule has 100 valence electrons. The number of amides is 1. The molecule has 18 heavy (non-hydrogen) atoms. The van der Waals surface area contributed by atoms with Crippen molar-refractivity contribution >= 4 is 17.4 Å². The summed E-state index contributed by atoms with van der Waals surface area (Å²) in [5.74, 6) is -2.58. The third kappa shape index (κ3) is 2.44. The highest BCUT2D eigenvalue weighted by molar-refractivity contribution is 6.28. The number of allylic oxidation sites excluding steroid dienone is 1. The van der Waals surface area contributed by atoms with Gasteiger partial charge in [-0.25, -0.2) is 0 Å². The first kappa shape index (κ1) is 14.4. The zero-order chi connectivity index (χ0) is 13.9. The second-order valence-corrected chi connectivity index (χ2v) is 4.62. The molecule has 0 spiro atoms. The lowest BCUT2D eigenvalue weighted by Gasteiger charge is -2.29. The van der Waals surface area contributed by atoms with E-state index in [1.807, 2.05) is 13.8 Å².